The van der Waals surface area contributed by atoms with Crippen molar-refractivity contribution in [1.29, 1.82) is 0 Å². The Morgan fingerprint density at radius 3 is 2.96 bits per heavy atom. The van der Waals surface area contributed by atoms with E-state index in [-0.39, 0.29) is 29.8 Å². The van der Waals surface area contributed by atoms with Crippen molar-refractivity contribution in [3.8, 4) is 0 Å². The number of nitrogens with zero attached hydrogens (tertiary/aromatic N) is 1. The molecule has 0 radical (unpaired) electrons. The number of fused-ring (bicyclic) bond motifs is 2. The number of benzene rings is 1. The Morgan fingerprint density at radius 1 is 1.32 bits per heavy atom. The number of rotatable bonds is 5. The predicted molar refractivity (Wildman–Crippen MR) is 108 cm³/mol. The molecule has 150 valence electrons. The normalized spacial score (nSPS) is 27.3. The standard InChI is InChI=1S/C22H29N3O3/c1-25-12-14(18-5-3-4-6-20(18)25)9-21(26)23-16-7-8-17-15(13-28-2)10-22(27)24-19(17)11-16/h3-6,12,15-17,19H,7-11,13H2,1-2H3,(H,23,26)(H,24,27). The topological polar surface area (TPSA) is 72.4 Å². The van der Waals surface area contributed by atoms with Crippen LogP contribution < -0.4 is 10.6 Å². The number of aromatic nitrogens is 1. The summed E-state index contributed by atoms with van der Waals surface area (Å²) in [6, 6.07) is 8.41. The van der Waals surface area contributed by atoms with Crippen LogP contribution >= 0.6 is 0 Å². The Bertz CT molecular complexity index is 875. The first-order valence-electron chi connectivity index (χ1n) is 10.2. The molecule has 1 aromatic heterocycles. The van der Waals surface area contributed by atoms with Crippen LogP contribution in [0.3, 0.4) is 0 Å². The van der Waals surface area contributed by atoms with Crippen molar-refractivity contribution in [1.82, 2.24) is 15.2 Å². The second kappa shape index (κ2) is 7.95. The van der Waals surface area contributed by atoms with Gasteiger partial charge in [0.05, 0.1) is 6.42 Å². The average Bonchev–Trinajstić information content (AvgIpc) is 2.97. The smallest absolute Gasteiger partial charge is 0.224 e. The zero-order valence-electron chi connectivity index (χ0n) is 16.6. The van der Waals surface area contributed by atoms with Crippen LogP contribution in [0.1, 0.15) is 31.2 Å². The number of carbonyl (C=O) groups excluding carboxylic acids is 2. The van der Waals surface area contributed by atoms with Gasteiger partial charge in [0, 0.05) is 56.4 Å². The number of piperidine rings is 1. The third-order valence-electron chi connectivity index (χ3n) is 6.38. The number of hydrogen-bond donors (Lipinski definition) is 2. The summed E-state index contributed by atoms with van der Waals surface area (Å²) >= 11 is 0. The number of ether oxygens (including phenoxy) is 1. The van der Waals surface area contributed by atoms with E-state index in [2.05, 4.69) is 27.3 Å². The number of para-hydroxylation sites is 1. The molecule has 1 aromatic carbocycles. The monoisotopic (exact) mass is 383 g/mol. The van der Waals surface area contributed by atoms with Gasteiger partial charge in [-0.3, -0.25) is 9.59 Å². The third kappa shape index (κ3) is 3.78. The Labute approximate surface area is 165 Å². The van der Waals surface area contributed by atoms with Crippen molar-refractivity contribution >= 4 is 22.7 Å². The Balaban J connectivity index is 1.38. The molecule has 6 nitrogen and oxygen atoms in total. The zero-order chi connectivity index (χ0) is 19.7. The first kappa shape index (κ1) is 19.0. The number of nitrogens with one attached hydrogen (secondary N) is 2. The summed E-state index contributed by atoms with van der Waals surface area (Å²) in [7, 11) is 3.70. The van der Waals surface area contributed by atoms with Crippen molar-refractivity contribution < 1.29 is 14.3 Å². The molecule has 1 saturated heterocycles. The molecule has 1 aliphatic heterocycles. The van der Waals surface area contributed by atoms with Crippen LogP contribution in [-0.4, -0.2) is 42.2 Å². The largest absolute Gasteiger partial charge is 0.384 e. The summed E-state index contributed by atoms with van der Waals surface area (Å²) in [5.41, 5.74) is 2.19. The first-order chi connectivity index (χ1) is 13.5. The highest BCUT2D eigenvalue weighted by molar-refractivity contribution is 5.89. The number of hydrogen-bond acceptors (Lipinski definition) is 3. The van der Waals surface area contributed by atoms with Crippen molar-refractivity contribution in [3.05, 3.63) is 36.0 Å². The summed E-state index contributed by atoms with van der Waals surface area (Å²) in [5, 5.41) is 7.47. The molecule has 6 heteroatoms. The van der Waals surface area contributed by atoms with Gasteiger partial charge in [0.25, 0.3) is 0 Å². The fraction of sp³-hybridized carbons (Fsp3) is 0.545. The molecule has 2 aliphatic rings. The fourth-order valence-electron chi connectivity index (χ4n) is 5.13. The lowest BCUT2D eigenvalue weighted by Crippen LogP contribution is -2.56. The molecule has 2 N–H and O–H groups in total. The number of methoxy groups -OCH3 is 1. The minimum atomic E-state index is 0.0513. The second-order valence-corrected chi connectivity index (χ2v) is 8.29. The summed E-state index contributed by atoms with van der Waals surface area (Å²) in [4.78, 5) is 24.7. The van der Waals surface area contributed by atoms with Gasteiger partial charge in [0.1, 0.15) is 0 Å². The van der Waals surface area contributed by atoms with Crippen LogP contribution in [0.5, 0.6) is 0 Å². The molecule has 2 amide bonds. The van der Waals surface area contributed by atoms with Gasteiger partial charge in [-0.1, -0.05) is 18.2 Å². The van der Waals surface area contributed by atoms with Gasteiger partial charge in [-0.15, -0.1) is 0 Å². The Kier molecular flexibility index (Phi) is 5.40. The molecule has 2 heterocycles. The maximum atomic E-state index is 12.7. The van der Waals surface area contributed by atoms with Gasteiger partial charge in [0.2, 0.25) is 11.8 Å². The van der Waals surface area contributed by atoms with Crippen molar-refractivity contribution in [3.63, 3.8) is 0 Å². The van der Waals surface area contributed by atoms with E-state index in [1.54, 1.807) is 7.11 Å². The minimum Gasteiger partial charge on any atom is -0.384 e. The van der Waals surface area contributed by atoms with Crippen molar-refractivity contribution in [2.75, 3.05) is 13.7 Å². The highest BCUT2D eigenvalue weighted by atomic mass is 16.5. The van der Waals surface area contributed by atoms with Gasteiger partial charge in [-0.25, -0.2) is 0 Å². The van der Waals surface area contributed by atoms with E-state index < -0.39 is 0 Å². The van der Waals surface area contributed by atoms with Gasteiger partial charge in [-0.05, 0) is 42.7 Å². The van der Waals surface area contributed by atoms with Gasteiger partial charge in [0.15, 0.2) is 0 Å². The van der Waals surface area contributed by atoms with E-state index in [1.807, 2.05) is 25.4 Å². The molecule has 4 atom stereocenters. The van der Waals surface area contributed by atoms with Gasteiger partial charge in [-0.2, -0.15) is 0 Å². The van der Waals surface area contributed by atoms with Crippen LogP contribution in [0.2, 0.25) is 0 Å². The van der Waals surface area contributed by atoms with E-state index in [0.29, 0.717) is 25.4 Å². The summed E-state index contributed by atoms with van der Waals surface area (Å²) < 4.78 is 7.39. The number of aryl methyl sites for hydroxylation is 1. The lowest BCUT2D eigenvalue weighted by Gasteiger charge is -2.43. The average molecular weight is 383 g/mol. The summed E-state index contributed by atoms with van der Waals surface area (Å²) in [6.07, 6.45) is 5.74. The quantitative estimate of drug-likeness (QED) is 0.831. The molecule has 0 spiro atoms. The zero-order valence-corrected chi connectivity index (χ0v) is 16.6. The molecular weight excluding hydrogens is 354 g/mol. The van der Waals surface area contributed by atoms with Crippen LogP contribution in [0, 0.1) is 11.8 Å². The first-order valence-corrected chi connectivity index (χ1v) is 10.2. The number of carbonyl (C=O) groups is 2. The van der Waals surface area contributed by atoms with Gasteiger partial charge < -0.3 is 19.9 Å². The van der Waals surface area contributed by atoms with E-state index in [0.717, 1.165) is 35.7 Å². The molecule has 0 bridgehead atoms. The number of amides is 2. The molecule has 2 aromatic rings. The summed E-state index contributed by atoms with van der Waals surface area (Å²) in [5.74, 6) is 0.890. The SMILES string of the molecule is COCC1CC(=O)NC2CC(NC(=O)Cc3cn(C)c4ccccc34)CCC12. The maximum absolute atomic E-state index is 12.7. The van der Waals surface area contributed by atoms with Crippen LogP contribution in [0.4, 0.5) is 0 Å². The molecule has 2 fully saturated rings. The van der Waals surface area contributed by atoms with Crippen molar-refractivity contribution in [2.45, 2.75) is 44.2 Å². The third-order valence-corrected chi connectivity index (χ3v) is 6.38. The van der Waals surface area contributed by atoms with Gasteiger partial charge >= 0.3 is 0 Å². The minimum absolute atomic E-state index is 0.0513. The molecule has 28 heavy (non-hydrogen) atoms. The highest BCUT2D eigenvalue weighted by Gasteiger charge is 2.40. The maximum Gasteiger partial charge on any atom is 0.224 e. The van der Waals surface area contributed by atoms with Crippen LogP contribution in [-0.2, 0) is 27.8 Å². The van der Waals surface area contributed by atoms with Crippen LogP contribution in [0.25, 0.3) is 10.9 Å². The molecule has 1 saturated carbocycles. The van der Waals surface area contributed by atoms with E-state index in [4.69, 9.17) is 4.74 Å². The lowest BCUT2D eigenvalue weighted by atomic mass is 9.71. The van der Waals surface area contributed by atoms with E-state index >= 15 is 0 Å². The van der Waals surface area contributed by atoms with Crippen molar-refractivity contribution in [2.24, 2.45) is 18.9 Å². The van der Waals surface area contributed by atoms with Crippen LogP contribution in [0.15, 0.2) is 30.5 Å². The van der Waals surface area contributed by atoms with E-state index in [1.165, 1.54) is 0 Å². The lowest BCUT2D eigenvalue weighted by molar-refractivity contribution is -0.128. The summed E-state index contributed by atoms with van der Waals surface area (Å²) in [6.45, 7) is 0.632. The molecule has 4 rings (SSSR count). The Hall–Kier alpha value is -2.34. The molecule has 4 unspecified atom stereocenters. The molecule has 1 aliphatic carbocycles. The highest BCUT2D eigenvalue weighted by Crippen LogP contribution is 2.35. The Morgan fingerprint density at radius 2 is 2.14 bits per heavy atom. The second-order valence-electron chi connectivity index (χ2n) is 8.29. The molecular formula is C22H29N3O3. The van der Waals surface area contributed by atoms with E-state index in [9.17, 15) is 9.59 Å². The fourth-order valence-corrected chi connectivity index (χ4v) is 5.13. The predicted octanol–water partition coefficient (Wildman–Crippen LogP) is 2.16.